The first kappa shape index (κ1) is 10.2. The molecule has 0 radical (unpaired) electrons. The van der Waals surface area contributed by atoms with Crippen LogP contribution in [0.4, 0.5) is 4.79 Å². The normalized spacial score (nSPS) is 7.83. The molecule has 0 saturated heterocycles. The summed E-state index contributed by atoms with van der Waals surface area (Å²) >= 11 is 0. The molecule has 5 heteroatoms. The van der Waals surface area contributed by atoms with Gasteiger partial charge >= 0.3 is 6.03 Å². The van der Waals surface area contributed by atoms with Crippen molar-refractivity contribution < 1.29 is 4.79 Å². The Morgan fingerprint density at radius 1 is 1.08 bits per heavy atom. The van der Waals surface area contributed by atoms with Gasteiger partial charge in [-0.05, 0) is 0 Å². The first-order chi connectivity index (χ1) is 5.81. The highest BCUT2D eigenvalue weighted by Crippen LogP contribution is 1.73. The SMILES string of the molecule is N#CCCNC(=O)NCCC#N. The summed E-state index contributed by atoms with van der Waals surface area (Å²) in [5, 5.41) is 21.2. The number of nitrogens with zero attached hydrogens (tertiary/aromatic N) is 2. The molecule has 0 unspecified atom stereocenters. The zero-order valence-electron chi connectivity index (χ0n) is 6.63. The van der Waals surface area contributed by atoms with Gasteiger partial charge in [0.05, 0.1) is 25.0 Å². The number of nitrogens with one attached hydrogen (secondary N) is 2. The highest BCUT2D eigenvalue weighted by Gasteiger charge is 1.95. The highest BCUT2D eigenvalue weighted by atomic mass is 16.2. The number of nitriles is 2. The molecule has 5 nitrogen and oxygen atoms in total. The van der Waals surface area contributed by atoms with Crippen molar-refractivity contribution in [1.29, 1.82) is 10.5 Å². The lowest BCUT2D eigenvalue weighted by molar-refractivity contribution is 0.241. The molecule has 0 aromatic rings. The summed E-state index contributed by atoms with van der Waals surface area (Å²) in [5.41, 5.74) is 0. The molecular weight excluding hydrogens is 156 g/mol. The molecule has 0 aliphatic rings. The van der Waals surface area contributed by atoms with E-state index in [0.29, 0.717) is 25.9 Å². The van der Waals surface area contributed by atoms with E-state index in [-0.39, 0.29) is 6.03 Å². The van der Waals surface area contributed by atoms with E-state index in [1.807, 2.05) is 12.1 Å². The minimum absolute atomic E-state index is 0.297. The van der Waals surface area contributed by atoms with Gasteiger partial charge in [-0.2, -0.15) is 10.5 Å². The summed E-state index contributed by atoms with van der Waals surface area (Å²) in [7, 11) is 0. The lowest BCUT2D eigenvalue weighted by Crippen LogP contribution is -2.36. The van der Waals surface area contributed by atoms with Gasteiger partial charge in [0, 0.05) is 13.1 Å². The van der Waals surface area contributed by atoms with Gasteiger partial charge in [-0.25, -0.2) is 4.79 Å². The smallest absolute Gasteiger partial charge is 0.314 e. The topological polar surface area (TPSA) is 88.7 Å². The molecule has 0 aliphatic carbocycles. The average molecular weight is 166 g/mol. The van der Waals surface area contributed by atoms with Crippen LogP contribution in [0.5, 0.6) is 0 Å². The van der Waals surface area contributed by atoms with Crippen molar-refractivity contribution in [3.63, 3.8) is 0 Å². The number of rotatable bonds is 4. The van der Waals surface area contributed by atoms with Crippen molar-refractivity contribution in [2.75, 3.05) is 13.1 Å². The average Bonchev–Trinajstić information content (AvgIpc) is 2.06. The summed E-state index contributed by atoms with van der Waals surface area (Å²) in [6, 6.07) is 3.46. The Hall–Kier alpha value is -1.75. The van der Waals surface area contributed by atoms with E-state index in [0.717, 1.165) is 0 Å². The van der Waals surface area contributed by atoms with Gasteiger partial charge in [0.15, 0.2) is 0 Å². The molecule has 0 fully saturated rings. The van der Waals surface area contributed by atoms with Gasteiger partial charge in [0.2, 0.25) is 0 Å². The number of hydrogen-bond donors (Lipinski definition) is 2. The first-order valence-corrected chi connectivity index (χ1v) is 3.57. The van der Waals surface area contributed by atoms with E-state index in [4.69, 9.17) is 10.5 Å². The third-order valence-corrected chi connectivity index (χ3v) is 1.04. The standard InChI is InChI=1S/C7H10N4O/c8-3-1-5-10-7(12)11-6-2-4-9/h1-2,5-6H2,(H2,10,11,12). The first-order valence-electron chi connectivity index (χ1n) is 3.57. The summed E-state index contributed by atoms with van der Waals surface area (Å²) in [5.74, 6) is 0. The molecule has 0 rings (SSSR count). The fourth-order valence-corrected chi connectivity index (χ4v) is 0.526. The number of carbonyl (C=O) groups is 1. The van der Waals surface area contributed by atoms with Crippen LogP contribution in [-0.4, -0.2) is 19.1 Å². The van der Waals surface area contributed by atoms with Gasteiger partial charge in [0.1, 0.15) is 0 Å². The molecule has 12 heavy (non-hydrogen) atoms. The fourth-order valence-electron chi connectivity index (χ4n) is 0.526. The van der Waals surface area contributed by atoms with Crippen LogP contribution in [0, 0.1) is 22.7 Å². The largest absolute Gasteiger partial charge is 0.337 e. The van der Waals surface area contributed by atoms with Crippen LogP contribution in [0.2, 0.25) is 0 Å². The maximum absolute atomic E-state index is 10.8. The number of urea groups is 1. The van der Waals surface area contributed by atoms with Gasteiger partial charge < -0.3 is 10.6 Å². The predicted molar refractivity (Wildman–Crippen MR) is 41.9 cm³/mol. The van der Waals surface area contributed by atoms with E-state index >= 15 is 0 Å². The third kappa shape index (κ3) is 6.37. The minimum Gasteiger partial charge on any atom is -0.337 e. The zero-order valence-corrected chi connectivity index (χ0v) is 6.63. The quantitative estimate of drug-likeness (QED) is 0.581. The Bertz CT molecular complexity index is 190. The Kier molecular flexibility index (Phi) is 6.29. The van der Waals surface area contributed by atoms with Crippen LogP contribution in [0.25, 0.3) is 0 Å². The lowest BCUT2D eigenvalue weighted by atomic mass is 10.4. The third-order valence-electron chi connectivity index (χ3n) is 1.04. The van der Waals surface area contributed by atoms with Crippen LogP contribution in [0.3, 0.4) is 0 Å². The molecule has 0 aromatic heterocycles. The van der Waals surface area contributed by atoms with E-state index in [9.17, 15) is 4.79 Å². The Balaban J connectivity index is 3.24. The molecule has 2 amide bonds. The van der Waals surface area contributed by atoms with Gasteiger partial charge in [0.25, 0.3) is 0 Å². The van der Waals surface area contributed by atoms with Crippen LogP contribution >= 0.6 is 0 Å². The van der Waals surface area contributed by atoms with E-state index < -0.39 is 0 Å². The molecule has 0 saturated carbocycles. The van der Waals surface area contributed by atoms with Crippen molar-refractivity contribution >= 4 is 6.03 Å². The zero-order chi connectivity index (χ0) is 9.23. The van der Waals surface area contributed by atoms with E-state index in [1.165, 1.54) is 0 Å². The van der Waals surface area contributed by atoms with Gasteiger partial charge in [-0.15, -0.1) is 0 Å². The monoisotopic (exact) mass is 166 g/mol. The van der Waals surface area contributed by atoms with Crippen LogP contribution < -0.4 is 10.6 Å². The number of carbonyl (C=O) groups excluding carboxylic acids is 1. The fraction of sp³-hybridized carbons (Fsp3) is 0.571. The van der Waals surface area contributed by atoms with Crippen molar-refractivity contribution in [1.82, 2.24) is 10.6 Å². The molecular formula is C7H10N4O. The second-order valence-electron chi connectivity index (χ2n) is 2.00. The van der Waals surface area contributed by atoms with Crippen molar-refractivity contribution in [3.8, 4) is 12.1 Å². The van der Waals surface area contributed by atoms with Gasteiger partial charge in [-0.1, -0.05) is 0 Å². The minimum atomic E-state index is -0.333. The maximum Gasteiger partial charge on any atom is 0.314 e. The highest BCUT2D eigenvalue weighted by molar-refractivity contribution is 5.73. The molecule has 0 aromatic carbocycles. The summed E-state index contributed by atoms with van der Waals surface area (Å²) < 4.78 is 0. The van der Waals surface area contributed by atoms with Crippen molar-refractivity contribution in [2.24, 2.45) is 0 Å². The predicted octanol–water partition coefficient (Wildman–Crippen LogP) is 0.113. The molecule has 0 atom stereocenters. The second-order valence-corrected chi connectivity index (χ2v) is 2.00. The Morgan fingerprint density at radius 3 is 1.83 bits per heavy atom. The van der Waals surface area contributed by atoms with Crippen LogP contribution in [0.1, 0.15) is 12.8 Å². The van der Waals surface area contributed by atoms with Gasteiger partial charge in [-0.3, -0.25) is 0 Å². The molecule has 0 aliphatic heterocycles. The van der Waals surface area contributed by atoms with Crippen molar-refractivity contribution in [3.05, 3.63) is 0 Å². The van der Waals surface area contributed by atoms with Crippen molar-refractivity contribution in [2.45, 2.75) is 12.8 Å². The Labute approximate surface area is 71.0 Å². The number of hydrogen-bond acceptors (Lipinski definition) is 3. The van der Waals surface area contributed by atoms with E-state index in [2.05, 4.69) is 10.6 Å². The summed E-state index contributed by atoms with van der Waals surface area (Å²) in [6.45, 7) is 0.684. The molecule has 0 heterocycles. The molecule has 64 valence electrons. The maximum atomic E-state index is 10.8. The Morgan fingerprint density at radius 2 is 1.50 bits per heavy atom. The summed E-state index contributed by atoms with van der Waals surface area (Å²) in [6.07, 6.45) is 0.595. The summed E-state index contributed by atoms with van der Waals surface area (Å²) in [4.78, 5) is 10.8. The lowest BCUT2D eigenvalue weighted by Gasteiger charge is -2.02. The molecule has 0 spiro atoms. The van der Waals surface area contributed by atoms with E-state index in [1.54, 1.807) is 0 Å². The molecule has 2 N–H and O–H groups in total. The number of amides is 2. The van der Waals surface area contributed by atoms with Crippen LogP contribution in [0.15, 0.2) is 0 Å². The second kappa shape index (κ2) is 7.36. The van der Waals surface area contributed by atoms with Crippen LogP contribution in [-0.2, 0) is 0 Å². The molecule has 0 bridgehead atoms.